The number of rotatable bonds is 9. The van der Waals surface area contributed by atoms with Crippen LogP contribution in [0.4, 0.5) is 20.6 Å². The highest BCUT2D eigenvalue weighted by molar-refractivity contribution is 6.01. The van der Waals surface area contributed by atoms with Crippen LogP contribution >= 0.6 is 0 Å². The average molecular weight is 542 g/mol. The molecule has 10 nitrogen and oxygen atoms in total. The number of hydrogen-bond donors (Lipinski definition) is 3. The Bertz CT molecular complexity index is 1190. The summed E-state index contributed by atoms with van der Waals surface area (Å²) in [6, 6.07) is 12.0. The lowest BCUT2D eigenvalue weighted by molar-refractivity contribution is -0.139. The van der Waals surface area contributed by atoms with Crippen molar-refractivity contribution in [1.29, 1.82) is 0 Å². The molecule has 2 aliphatic heterocycles. The topological polar surface area (TPSA) is 114 Å². The van der Waals surface area contributed by atoms with Gasteiger partial charge in [-0.15, -0.1) is 0 Å². The van der Waals surface area contributed by atoms with Gasteiger partial charge in [0.15, 0.2) is 0 Å². The van der Waals surface area contributed by atoms with E-state index < -0.39 is 18.2 Å². The summed E-state index contributed by atoms with van der Waals surface area (Å²) in [5.74, 6) is -0.590. The van der Waals surface area contributed by atoms with Crippen molar-refractivity contribution in [2.45, 2.75) is 32.0 Å². The maximum absolute atomic E-state index is 14.4. The predicted molar refractivity (Wildman–Crippen MR) is 146 cm³/mol. The van der Waals surface area contributed by atoms with E-state index >= 15 is 0 Å². The Morgan fingerprint density at radius 3 is 2.41 bits per heavy atom. The highest BCUT2D eigenvalue weighted by atomic mass is 19.1. The number of carboxylic acid groups (broad SMARTS) is 1. The molecule has 3 N–H and O–H groups in total. The van der Waals surface area contributed by atoms with Crippen molar-refractivity contribution >= 4 is 29.3 Å². The number of halogens is 1. The first-order valence-corrected chi connectivity index (χ1v) is 13.1. The number of carboxylic acids is 1. The van der Waals surface area contributed by atoms with Crippen molar-refractivity contribution < 1.29 is 28.6 Å². The second kappa shape index (κ2) is 12.9. The van der Waals surface area contributed by atoms with Crippen molar-refractivity contribution in [3.05, 3.63) is 53.6 Å². The Labute approximate surface area is 227 Å². The minimum absolute atomic E-state index is 0.0174. The van der Waals surface area contributed by atoms with Crippen LogP contribution in [0.25, 0.3) is 0 Å². The predicted octanol–water partition coefficient (Wildman–Crippen LogP) is 2.83. The summed E-state index contributed by atoms with van der Waals surface area (Å²) in [6.45, 7) is 5.19. The highest BCUT2D eigenvalue weighted by Gasteiger charge is 2.36. The number of piperazine rings is 1. The molecule has 0 aromatic heterocycles. The van der Waals surface area contributed by atoms with Crippen LogP contribution in [0.1, 0.15) is 17.5 Å². The molecule has 0 saturated carbocycles. The van der Waals surface area contributed by atoms with Crippen molar-refractivity contribution in [3.63, 3.8) is 0 Å². The lowest BCUT2D eigenvalue weighted by Gasteiger charge is -2.36. The van der Waals surface area contributed by atoms with Gasteiger partial charge in [0, 0.05) is 50.9 Å². The van der Waals surface area contributed by atoms with E-state index in [9.17, 15) is 18.8 Å². The summed E-state index contributed by atoms with van der Waals surface area (Å²) in [6.07, 6.45) is -0.689. The summed E-state index contributed by atoms with van der Waals surface area (Å²) in [5, 5.41) is 14.6. The molecule has 0 spiro atoms. The van der Waals surface area contributed by atoms with Gasteiger partial charge >= 0.3 is 12.0 Å². The smallest absolute Gasteiger partial charge is 0.323 e. The fourth-order valence-electron chi connectivity index (χ4n) is 5.17. The van der Waals surface area contributed by atoms with Gasteiger partial charge < -0.3 is 25.4 Å². The van der Waals surface area contributed by atoms with Gasteiger partial charge in [0.2, 0.25) is 5.91 Å². The lowest BCUT2D eigenvalue weighted by Crippen LogP contribution is -2.52. The van der Waals surface area contributed by atoms with Crippen LogP contribution in [-0.4, -0.2) is 103 Å². The Kier molecular flexibility index (Phi) is 9.36. The SMILES string of the molecule is COc1cc(CC(=O)N2C[C@@H](F)C[C@H]2CN2CCN(CC(=O)O)CC2)ccc1NC(=O)Nc1ccccc1C. The number of carbonyl (C=O) groups excluding carboxylic acids is 2. The normalized spacial score (nSPS) is 20.0. The molecule has 210 valence electrons. The highest BCUT2D eigenvalue weighted by Crippen LogP contribution is 2.28. The van der Waals surface area contributed by atoms with Gasteiger partial charge in [-0.05, 0) is 36.2 Å². The largest absolute Gasteiger partial charge is 0.495 e. The Morgan fingerprint density at radius 1 is 1.03 bits per heavy atom. The number of aryl methyl sites for hydroxylation is 1. The molecule has 0 aliphatic carbocycles. The van der Waals surface area contributed by atoms with Gasteiger partial charge in [0.1, 0.15) is 11.9 Å². The van der Waals surface area contributed by atoms with Crippen molar-refractivity contribution in [3.8, 4) is 5.75 Å². The molecule has 11 heteroatoms. The zero-order valence-corrected chi connectivity index (χ0v) is 22.4. The van der Waals surface area contributed by atoms with Gasteiger partial charge in [0.25, 0.3) is 0 Å². The average Bonchev–Trinajstić information content (AvgIpc) is 3.27. The van der Waals surface area contributed by atoms with Crippen LogP contribution in [0.2, 0.25) is 0 Å². The second-order valence-corrected chi connectivity index (χ2v) is 10.1. The molecule has 4 rings (SSSR count). The van der Waals surface area contributed by atoms with E-state index in [1.807, 2.05) is 36.1 Å². The van der Waals surface area contributed by atoms with Gasteiger partial charge in [0.05, 0.1) is 32.3 Å². The molecule has 2 aliphatic rings. The maximum atomic E-state index is 14.4. The number of urea groups is 1. The van der Waals surface area contributed by atoms with Crippen molar-refractivity contribution in [2.24, 2.45) is 0 Å². The molecule has 3 amide bonds. The van der Waals surface area contributed by atoms with E-state index in [4.69, 9.17) is 9.84 Å². The van der Waals surface area contributed by atoms with Crippen LogP contribution in [0.15, 0.2) is 42.5 Å². The molecule has 2 aromatic carbocycles. The van der Waals surface area contributed by atoms with E-state index in [0.717, 1.165) is 5.56 Å². The molecule has 0 unspecified atom stereocenters. The molecule has 2 aromatic rings. The quantitative estimate of drug-likeness (QED) is 0.447. The van der Waals surface area contributed by atoms with Crippen LogP contribution in [0.3, 0.4) is 0 Å². The molecule has 0 radical (unpaired) electrons. The third-order valence-electron chi connectivity index (χ3n) is 7.24. The van der Waals surface area contributed by atoms with Gasteiger partial charge in [-0.2, -0.15) is 0 Å². The molecule has 39 heavy (non-hydrogen) atoms. The van der Waals surface area contributed by atoms with Gasteiger partial charge in [-0.3, -0.25) is 19.4 Å². The van der Waals surface area contributed by atoms with E-state index in [2.05, 4.69) is 15.5 Å². The number of hydrogen-bond acceptors (Lipinski definition) is 6. The second-order valence-electron chi connectivity index (χ2n) is 10.1. The van der Waals surface area contributed by atoms with Gasteiger partial charge in [-0.25, -0.2) is 9.18 Å². The molecular weight excluding hydrogens is 505 g/mol. The number of amides is 3. The number of methoxy groups -OCH3 is 1. The zero-order valence-electron chi connectivity index (χ0n) is 22.4. The third kappa shape index (κ3) is 7.67. The van der Waals surface area contributed by atoms with Crippen LogP contribution in [0, 0.1) is 6.92 Å². The summed E-state index contributed by atoms with van der Waals surface area (Å²) < 4.78 is 19.9. The number of ether oxygens (including phenoxy) is 1. The van der Waals surface area contributed by atoms with Crippen LogP contribution in [0.5, 0.6) is 5.75 Å². The monoisotopic (exact) mass is 541 g/mol. The third-order valence-corrected chi connectivity index (χ3v) is 7.24. The van der Waals surface area contributed by atoms with Crippen molar-refractivity contribution in [2.75, 3.05) is 63.6 Å². The Morgan fingerprint density at radius 2 is 1.72 bits per heavy atom. The summed E-state index contributed by atoms with van der Waals surface area (Å²) in [7, 11) is 1.49. The number of benzene rings is 2. The molecule has 2 saturated heterocycles. The molecule has 2 fully saturated rings. The number of likely N-dealkylation sites (tertiary alicyclic amines) is 1. The lowest BCUT2D eigenvalue weighted by atomic mass is 10.1. The number of nitrogens with one attached hydrogen (secondary N) is 2. The number of alkyl halides is 1. The molecular formula is C28H36FN5O5. The first-order chi connectivity index (χ1) is 18.7. The minimum atomic E-state index is -1.07. The Balaban J connectivity index is 1.34. The fraction of sp³-hybridized carbons (Fsp3) is 0.464. The van der Waals surface area contributed by atoms with E-state index in [0.29, 0.717) is 61.8 Å². The Hall–Kier alpha value is -3.70. The number of carbonyl (C=O) groups is 3. The van der Waals surface area contributed by atoms with E-state index in [-0.39, 0.29) is 31.5 Å². The zero-order chi connectivity index (χ0) is 27.9. The van der Waals surface area contributed by atoms with Crippen molar-refractivity contribution in [1.82, 2.24) is 14.7 Å². The van der Waals surface area contributed by atoms with E-state index in [1.54, 1.807) is 23.1 Å². The minimum Gasteiger partial charge on any atom is -0.495 e. The first kappa shape index (κ1) is 28.3. The standard InChI is InChI=1S/C28H36FN5O5/c1-19-5-3-4-6-23(19)30-28(38)31-24-8-7-20(13-25(24)39-2)14-26(35)34-16-21(29)15-22(34)17-32-9-11-33(12-10-32)18-27(36)37/h3-8,13,21-22H,9-12,14-18H2,1-2H3,(H,36,37)(H2,30,31,38)/t21-,22-/m0/s1. The van der Waals surface area contributed by atoms with Crippen LogP contribution in [-0.2, 0) is 16.0 Å². The number of para-hydroxylation sites is 1. The fourth-order valence-corrected chi connectivity index (χ4v) is 5.17. The number of nitrogens with zero attached hydrogens (tertiary/aromatic N) is 3. The first-order valence-electron chi connectivity index (χ1n) is 13.1. The maximum Gasteiger partial charge on any atom is 0.323 e. The number of anilines is 2. The van der Waals surface area contributed by atoms with E-state index in [1.165, 1.54) is 7.11 Å². The molecule has 0 bridgehead atoms. The van der Waals surface area contributed by atoms with Crippen LogP contribution < -0.4 is 15.4 Å². The summed E-state index contributed by atoms with van der Waals surface area (Å²) in [4.78, 5) is 42.4. The van der Waals surface area contributed by atoms with Gasteiger partial charge in [-0.1, -0.05) is 24.3 Å². The number of aliphatic carboxylic acids is 1. The molecule has 2 heterocycles. The molecule has 2 atom stereocenters. The summed E-state index contributed by atoms with van der Waals surface area (Å²) in [5.41, 5.74) is 2.80. The summed E-state index contributed by atoms with van der Waals surface area (Å²) >= 11 is 0.